The number of hydrogen-bond donors (Lipinski definition) is 1. The lowest BCUT2D eigenvalue weighted by Gasteiger charge is -2.29. The van der Waals surface area contributed by atoms with Gasteiger partial charge in [0.05, 0.1) is 0 Å². The molecule has 0 heterocycles. The Hall–Kier alpha value is -2.89. The van der Waals surface area contributed by atoms with E-state index in [1.807, 2.05) is 38.1 Å². The quantitative estimate of drug-likeness (QED) is 0.613. The van der Waals surface area contributed by atoms with E-state index in [1.165, 1.54) is 22.6 Å². The molecule has 2 aromatic rings. The number of benzene rings is 2. The van der Waals surface area contributed by atoms with Gasteiger partial charge in [0.1, 0.15) is 17.6 Å². The first-order chi connectivity index (χ1) is 15.0. The van der Waals surface area contributed by atoms with Crippen LogP contribution in [0.3, 0.4) is 0 Å². The van der Waals surface area contributed by atoms with Gasteiger partial charge in [-0.05, 0) is 53.6 Å². The van der Waals surface area contributed by atoms with Crippen molar-refractivity contribution in [2.45, 2.75) is 59.5 Å². The van der Waals surface area contributed by atoms with Gasteiger partial charge in [-0.2, -0.15) is 0 Å². The van der Waals surface area contributed by atoms with Crippen LogP contribution in [-0.4, -0.2) is 35.9 Å². The molecule has 2 aromatic carbocycles. The van der Waals surface area contributed by atoms with Gasteiger partial charge in [-0.25, -0.2) is 4.39 Å². The van der Waals surface area contributed by atoms with Crippen LogP contribution in [0.25, 0.3) is 0 Å². The molecule has 0 unspecified atom stereocenters. The van der Waals surface area contributed by atoms with E-state index in [1.54, 1.807) is 19.1 Å². The lowest BCUT2D eigenvalue weighted by molar-refractivity contribution is -0.142. The minimum absolute atomic E-state index is 0.0269. The van der Waals surface area contributed by atoms with E-state index in [4.69, 9.17) is 4.74 Å². The van der Waals surface area contributed by atoms with Crippen LogP contribution < -0.4 is 10.1 Å². The van der Waals surface area contributed by atoms with E-state index in [9.17, 15) is 14.0 Å². The Balaban J connectivity index is 2.11. The Morgan fingerprint density at radius 1 is 1.00 bits per heavy atom. The lowest BCUT2D eigenvalue weighted by Crippen LogP contribution is -2.49. The van der Waals surface area contributed by atoms with E-state index in [0.29, 0.717) is 18.2 Å². The van der Waals surface area contributed by atoms with Gasteiger partial charge in [-0.15, -0.1) is 0 Å². The predicted molar refractivity (Wildman–Crippen MR) is 125 cm³/mol. The van der Waals surface area contributed by atoms with Crippen molar-refractivity contribution in [2.75, 3.05) is 13.2 Å². The molecule has 1 N–H and O–H groups in total. The molecule has 2 amide bonds. The van der Waals surface area contributed by atoms with Crippen LogP contribution in [0.5, 0.6) is 5.75 Å². The molecular weight excluding hydrogens is 407 g/mol. The van der Waals surface area contributed by atoms with E-state index in [2.05, 4.69) is 26.1 Å². The summed E-state index contributed by atoms with van der Waals surface area (Å²) in [4.78, 5) is 27.1. The smallest absolute Gasteiger partial charge is 0.261 e. The first-order valence-corrected chi connectivity index (χ1v) is 11.0. The number of nitrogens with zero attached hydrogens (tertiary/aromatic N) is 1. The zero-order valence-corrected chi connectivity index (χ0v) is 19.9. The Labute approximate surface area is 191 Å². The summed E-state index contributed by atoms with van der Waals surface area (Å²) in [7, 11) is 0. The van der Waals surface area contributed by atoms with Crippen LogP contribution in [0, 0.1) is 11.7 Å². The Morgan fingerprint density at radius 3 is 2.12 bits per heavy atom. The molecule has 0 spiro atoms. The first kappa shape index (κ1) is 25.4. The summed E-state index contributed by atoms with van der Waals surface area (Å²) < 4.78 is 19.0. The molecule has 0 fully saturated rings. The third-order valence-corrected chi connectivity index (χ3v) is 5.20. The van der Waals surface area contributed by atoms with E-state index in [-0.39, 0.29) is 36.2 Å². The summed E-state index contributed by atoms with van der Waals surface area (Å²) in [6, 6.07) is 12.9. The largest absolute Gasteiger partial charge is 0.484 e. The fourth-order valence-electron chi connectivity index (χ4n) is 3.10. The minimum atomic E-state index is -0.696. The van der Waals surface area contributed by atoms with Gasteiger partial charge < -0.3 is 15.0 Å². The minimum Gasteiger partial charge on any atom is -0.484 e. The van der Waals surface area contributed by atoms with Crippen LogP contribution in [-0.2, 0) is 21.5 Å². The van der Waals surface area contributed by atoms with Crippen molar-refractivity contribution in [3.63, 3.8) is 0 Å². The molecule has 1 atom stereocenters. The maximum atomic E-state index is 13.3. The second-order valence-electron chi connectivity index (χ2n) is 9.53. The normalized spacial score (nSPS) is 12.4. The van der Waals surface area contributed by atoms with Crippen molar-refractivity contribution in [1.82, 2.24) is 10.2 Å². The molecular formula is C26H35FN2O3. The molecule has 0 bridgehead atoms. The highest BCUT2D eigenvalue weighted by Crippen LogP contribution is 2.24. The van der Waals surface area contributed by atoms with Gasteiger partial charge in [0, 0.05) is 13.1 Å². The third-order valence-electron chi connectivity index (χ3n) is 5.20. The van der Waals surface area contributed by atoms with E-state index < -0.39 is 6.04 Å². The van der Waals surface area contributed by atoms with Crippen LogP contribution in [0.1, 0.15) is 52.7 Å². The number of amides is 2. The van der Waals surface area contributed by atoms with Crippen LogP contribution in [0.2, 0.25) is 0 Å². The molecule has 0 aliphatic rings. The topological polar surface area (TPSA) is 58.6 Å². The number of carbonyl (C=O) groups is 2. The SMILES string of the molecule is CC(C)CNC(=O)[C@@H](C)N(Cc1ccc(F)cc1)C(=O)COc1ccc(C(C)(C)C)cc1. The van der Waals surface area contributed by atoms with Gasteiger partial charge in [0.2, 0.25) is 5.91 Å². The van der Waals surface area contributed by atoms with Crippen molar-refractivity contribution < 1.29 is 18.7 Å². The molecule has 5 nitrogen and oxygen atoms in total. The molecule has 0 radical (unpaired) electrons. The van der Waals surface area contributed by atoms with E-state index in [0.717, 1.165) is 5.56 Å². The highest BCUT2D eigenvalue weighted by Gasteiger charge is 2.26. The second kappa shape index (κ2) is 11.1. The maximum absolute atomic E-state index is 13.3. The van der Waals surface area contributed by atoms with Crippen molar-refractivity contribution in [1.29, 1.82) is 0 Å². The molecule has 2 rings (SSSR count). The lowest BCUT2D eigenvalue weighted by atomic mass is 9.87. The predicted octanol–water partition coefficient (Wildman–Crippen LogP) is 4.69. The molecule has 0 saturated carbocycles. The van der Waals surface area contributed by atoms with Crippen molar-refractivity contribution >= 4 is 11.8 Å². The standard InChI is InChI=1S/C26H35FN2O3/c1-18(2)15-28-25(31)19(3)29(16-20-7-11-22(27)12-8-20)24(30)17-32-23-13-9-21(10-14-23)26(4,5)6/h7-14,18-19H,15-17H2,1-6H3,(H,28,31)/t19-/m1/s1. The number of halogens is 1. The van der Waals surface area contributed by atoms with Gasteiger partial charge in [-0.3, -0.25) is 9.59 Å². The summed E-state index contributed by atoms with van der Waals surface area (Å²) in [5.41, 5.74) is 1.93. The zero-order valence-electron chi connectivity index (χ0n) is 19.9. The highest BCUT2D eigenvalue weighted by molar-refractivity contribution is 5.87. The number of ether oxygens (including phenoxy) is 1. The van der Waals surface area contributed by atoms with Crippen molar-refractivity contribution in [3.8, 4) is 5.75 Å². The highest BCUT2D eigenvalue weighted by atomic mass is 19.1. The molecule has 174 valence electrons. The molecule has 6 heteroatoms. The second-order valence-corrected chi connectivity index (χ2v) is 9.53. The zero-order chi connectivity index (χ0) is 23.9. The Bertz CT molecular complexity index is 887. The van der Waals surface area contributed by atoms with Gasteiger partial charge in [-0.1, -0.05) is 58.9 Å². The molecule has 0 saturated heterocycles. The number of hydrogen-bond acceptors (Lipinski definition) is 3. The summed E-state index contributed by atoms with van der Waals surface area (Å²) >= 11 is 0. The van der Waals surface area contributed by atoms with Crippen molar-refractivity contribution in [3.05, 3.63) is 65.5 Å². The summed E-state index contributed by atoms with van der Waals surface area (Å²) in [5, 5.41) is 2.87. The van der Waals surface area contributed by atoms with E-state index >= 15 is 0 Å². The summed E-state index contributed by atoms with van der Waals surface area (Å²) in [6.07, 6.45) is 0. The van der Waals surface area contributed by atoms with Gasteiger partial charge >= 0.3 is 0 Å². The first-order valence-electron chi connectivity index (χ1n) is 11.0. The summed E-state index contributed by atoms with van der Waals surface area (Å²) in [5.74, 6) is -0.0155. The fraction of sp³-hybridized carbons (Fsp3) is 0.462. The van der Waals surface area contributed by atoms with Gasteiger partial charge in [0.25, 0.3) is 5.91 Å². The Kier molecular flexibility index (Phi) is 8.81. The number of nitrogens with one attached hydrogen (secondary N) is 1. The molecule has 0 aliphatic heterocycles. The Morgan fingerprint density at radius 2 is 1.59 bits per heavy atom. The third kappa shape index (κ3) is 7.66. The monoisotopic (exact) mass is 442 g/mol. The number of rotatable bonds is 9. The van der Waals surface area contributed by atoms with Crippen LogP contribution in [0.4, 0.5) is 4.39 Å². The average Bonchev–Trinajstić information content (AvgIpc) is 2.74. The summed E-state index contributed by atoms with van der Waals surface area (Å²) in [6.45, 7) is 12.6. The number of carbonyl (C=O) groups excluding carboxylic acids is 2. The van der Waals surface area contributed by atoms with Gasteiger partial charge in [0.15, 0.2) is 6.61 Å². The van der Waals surface area contributed by atoms with Crippen LogP contribution >= 0.6 is 0 Å². The fourth-order valence-corrected chi connectivity index (χ4v) is 3.10. The molecule has 0 aliphatic carbocycles. The molecule has 0 aromatic heterocycles. The molecule has 32 heavy (non-hydrogen) atoms. The maximum Gasteiger partial charge on any atom is 0.261 e. The average molecular weight is 443 g/mol. The van der Waals surface area contributed by atoms with Crippen LogP contribution in [0.15, 0.2) is 48.5 Å². The van der Waals surface area contributed by atoms with Crippen molar-refractivity contribution in [2.24, 2.45) is 5.92 Å².